The van der Waals surface area contributed by atoms with E-state index in [1.807, 2.05) is 30.3 Å². The summed E-state index contributed by atoms with van der Waals surface area (Å²) in [6.07, 6.45) is 1.27. The second-order valence-corrected chi connectivity index (χ2v) is 4.32. The molecule has 0 radical (unpaired) electrons. The second kappa shape index (κ2) is 5.80. The standard InChI is InChI=1S/C13H18N2O2/c16-12(10-5-2-1-3-6-10)9-15-11-7-4-8-14-13(11)17/h1-3,5-6,11-12,15-16H,4,7-9H2,(H,14,17). The quantitative estimate of drug-likeness (QED) is 0.714. The van der Waals surface area contributed by atoms with Crippen LogP contribution in [0.3, 0.4) is 0 Å². The van der Waals surface area contributed by atoms with Gasteiger partial charge in [-0.1, -0.05) is 30.3 Å². The Bertz CT molecular complexity index is 367. The van der Waals surface area contributed by atoms with E-state index in [-0.39, 0.29) is 11.9 Å². The van der Waals surface area contributed by atoms with Crippen molar-refractivity contribution in [3.8, 4) is 0 Å². The van der Waals surface area contributed by atoms with Crippen molar-refractivity contribution in [1.29, 1.82) is 0 Å². The van der Waals surface area contributed by atoms with Crippen LogP contribution in [0.4, 0.5) is 0 Å². The number of rotatable bonds is 4. The minimum absolute atomic E-state index is 0.0384. The van der Waals surface area contributed by atoms with Crippen molar-refractivity contribution in [2.24, 2.45) is 0 Å². The van der Waals surface area contributed by atoms with E-state index < -0.39 is 6.10 Å². The number of hydrogen-bond donors (Lipinski definition) is 3. The molecule has 2 rings (SSSR count). The Hall–Kier alpha value is -1.39. The fourth-order valence-electron chi connectivity index (χ4n) is 2.01. The normalized spacial score (nSPS) is 21.9. The van der Waals surface area contributed by atoms with E-state index in [0.29, 0.717) is 6.54 Å². The summed E-state index contributed by atoms with van der Waals surface area (Å²) in [5.41, 5.74) is 0.871. The highest BCUT2D eigenvalue weighted by molar-refractivity contribution is 5.82. The molecule has 1 aromatic rings. The fourth-order valence-corrected chi connectivity index (χ4v) is 2.01. The largest absolute Gasteiger partial charge is 0.387 e. The van der Waals surface area contributed by atoms with Crippen molar-refractivity contribution >= 4 is 5.91 Å². The highest BCUT2D eigenvalue weighted by Gasteiger charge is 2.22. The fraction of sp³-hybridized carbons (Fsp3) is 0.462. The Morgan fingerprint density at radius 1 is 1.41 bits per heavy atom. The maximum atomic E-state index is 11.5. The van der Waals surface area contributed by atoms with Crippen molar-refractivity contribution in [3.63, 3.8) is 0 Å². The number of aliphatic hydroxyl groups excluding tert-OH is 1. The molecule has 0 bridgehead atoms. The molecule has 1 fully saturated rings. The van der Waals surface area contributed by atoms with Gasteiger partial charge in [-0.05, 0) is 18.4 Å². The highest BCUT2D eigenvalue weighted by Crippen LogP contribution is 2.11. The average molecular weight is 234 g/mol. The molecule has 2 unspecified atom stereocenters. The van der Waals surface area contributed by atoms with Gasteiger partial charge in [-0.2, -0.15) is 0 Å². The van der Waals surface area contributed by atoms with Crippen LogP contribution in [0.5, 0.6) is 0 Å². The molecule has 17 heavy (non-hydrogen) atoms. The summed E-state index contributed by atoms with van der Waals surface area (Å²) in [6.45, 7) is 1.17. The summed E-state index contributed by atoms with van der Waals surface area (Å²) in [6, 6.07) is 9.30. The minimum atomic E-state index is -0.564. The first kappa shape index (κ1) is 12.1. The van der Waals surface area contributed by atoms with E-state index in [9.17, 15) is 9.90 Å². The summed E-state index contributed by atoms with van der Waals surface area (Å²) < 4.78 is 0. The molecule has 4 heteroatoms. The van der Waals surface area contributed by atoms with Gasteiger partial charge < -0.3 is 15.7 Å². The molecule has 1 amide bonds. The predicted octanol–water partition coefficient (Wildman–Crippen LogP) is 0.588. The van der Waals surface area contributed by atoms with Gasteiger partial charge in [-0.15, -0.1) is 0 Å². The zero-order valence-corrected chi connectivity index (χ0v) is 9.73. The molecular formula is C13H18N2O2. The first-order valence-corrected chi connectivity index (χ1v) is 6.01. The zero-order chi connectivity index (χ0) is 12.1. The molecule has 0 aliphatic carbocycles. The van der Waals surface area contributed by atoms with Crippen LogP contribution < -0.4 is 10.6 Å². The molecule has 0 aromatic heterocycles. The topological polar surface area (TPSA) is 61.4 Å². The number of benzene rings is 1. The lowest BCUT2D eigenvalue weighted by Crippen LogP contribution is -2.49. The SMILES string of the molecule is O=C1NCCCC1NCC(O)c1ccccc1. The Morgan fingerprint density at radius 3 is 2.88 bits per heavy atom. The summed E-state index contributed by atoms with van der Waals surface area (Å²) in [4.78, 5) is 11.5. The van der Waals surface area contributed by atoms with Crippen LogP contribution >= 0.6 is 0 Å². The Labute approximate surface area is 101 Å². The summed E-state index contributed by atoms with van der Waals surface area (Å²) in [7, 11) is 0. The third kappa shape index (κ3) is 3.28. The Morgan fingerprint density at radius 2 is 2.18 bits per heavy atom. The number of aliphatic hydroxyl groups is 1. The van der Waals surface area contributed by atoms with Gasteiger partial charge >= 0.3 is 0 Å². The molecule has 3 N–H and O–H groups in total. The van der Waals surface area contributed by atoms with Crippen molar-refractivity contribution in [3.05, 3.63) is 35.9 Å². The van der Waals surface area contributed by atoms with Gasteiger partial charge in [0.15, 0.2) is 0 Å². The van der Waals surface area contributed by atoms with Crippen LogP contribution in [0.2, 0.25) is 0 Å². The number of amides is 1. The third-order valence-electron chi connectivity index (χ3n) is 3.03. The molecular weight excluding hydrogens is 216 g/mol. The van der Waals surface area contributed by atoms with E-state index in [0.717, 1.165) is 24.9 Å². The Balaban J connectivity index is 1.83. The molecule has 0 spiro atoms. The first-order chi connectivity index (χ1) is 8.27. The van der Waals surface area contributed by atoms with Crippen LogP contribution in [-0.4, -0.2) is 30.1 Å². The maximum absolute atomic E-state index is 11.5. The smallest absolute Gasteiger partial charge is 0.237 e. The van der Waals surface area contributed by atoms with Gasteiger partial charge in [-0.3, -0.25) is 4.79 Å². The monoisotopic (exact) mass is 234 g/mol. The zero-order valence-electron chi connectivity index (χ0n) is 9.73. The lowest BCUT2D eigenvalue weighted by atomic mass is 10.1. The van der Waals surface area contributed by atoms with Crippen LogP contribution in [0.15, 0.2) is 30.3 Å². The number of piperidine rings is 1. The molecule has 2 atom stereocenters. The van der Waals surface area contributed by atoms with E-state index in [1.54, 1.807) is 0 Å². The van der Waals surface area contributed by atoms with Gasteiger partial charge in [0.25, 0.3) is 0 Å². The van der Waals surface area contributed by atoms with Crippen molar-refractivity contribution in [1.82, 2.24) is 10.6 Å². The number of nitrogens with one attached hydrogen (secondary N) is 2. The van der Waals surface area contributed by atoms with Crippen molar-refractivity contribution < 1.29 is 9.90 Å². The average Bonchev–Trinajstić information content (AvgIpc) is 2.38. The van der Waals surface area contributed by atoms with E-state index >= 15 is 0 Å². The summed E-state index contributed by atoms with van der Waals surface area (Å²) in [5, 5.41) is 15.9. The van der Waals surface area contributed by atoms with Crippen LogP contribution in [0.1, 0.15) is 24.5 Å². The van der Waals surface area contributed by atoms with E-state index in [2.05, 4.69) is 10.6 Å². The van der Waals surface area contributed by atoms with Crippen molar-refractivity contribution in [2.45, 2.75) is 25.0 Å². The maximum Gasteiger partial charge on any atom is 0.237 e. The van der Waals surface area contributed by atoms with Crippen molar-refractivity contribution in [2.75, 3.05) is 13.1 Å². The van der Waals surface area contributed by atoms with Crippen LogP contribution in [0.25, 0.3) is 0 Å². The number of hydrogen-bond acceptors (Lipinski definition) is 3. The third-order valence-corrected chi connectivity index (χ3v) is 3.03. The molecule has 1 heterocycles. The van der Waals surface area contributed by atoms with E-state index in [1.165, 1.54) is 0 Å². The van der Waals surface area contributed by atoms with Crippen LogP contribution in [-0.2, 0) is 4.79 Å². The molecule has 1 aliphatic rings. The van der Waals surface area contributed by atoms with Gasteiger partial charge in [0.1, 0.15) is 0 Å². The molecule has 4 nitrogen and oxygen atoms in total. The lowest BCUT2D eigenvalue weighted by Gasteiger charge is -2.24. The molecule has 1 aliphatic heterocycles. The summed E-state index contributed by atoms with van der Waals surface area (Å²) in [5.74, 6) is 0.0384. The van der Waals surface area contributed by atoms with Gasteiger partial charge in [0, 0.05) is 13.1 Å². The second-order valence-electron chi connectivity index (χ2n) is 4.32. The highest BCUT2D eigenvalue weighted by atomic mass is 16.3. The number of carbonyl (C=O) groups is 1. The predicted molar refractivity (Wildman–Crippen MR) is 65.4 cm³/mol. The van der Waals surface area contributed by atoms with E-state index in [4.69, 9.17) is 0 Å². The molecule has 1 aromatic carbocycles. The molecule has 92 valence electrons. The minimum Gasteiger partial charge on any atom is -0.387 e. The van der Waals surface area contributed by atoms with Gasteiger partial charge in [-0.25, -0.2) is 0 Å². The first-order valence-electron chi connectivity index (χ1n) is 6.01. The lowest BCUT2D eigenvalue weighted by molar-refractivity contribution is -0.124. The molecule has 1 saturated heterocycles. The number of carbonyl (C=O) groups excluding carboxylic acids is 1. The summed E-state index contributed by atoms with van der Waals surface area (Å²) >= 11 is 0. The van der Waals surface area contributed by atoms with Crippen LogP contribution in [0, 0.1) is 0 Å². The Kier molecular flexibility index (Phi) is 4.12. The molecule has 0 saturated carbocycles. The van der Waals surface area contributed by atoms with Gasteiger partial charge in [0.05, 0.1) is 12.1 Å². The van der Waals surface area contributed by atoms with Gasteiger partial charge in [0.2, 0.25) is 5.91 Å².